The summed E-state index contributed by atoms with van der Waals surface area (Å²) in [5.74, 6) is 0.259. The fraction of sp³-hybridized carbons (Fsp3) is 0.300. The van der Waals surface area contributed by atoms with E-state index in [9.17, 15) is 9.59 Å². The summed E-state index contributed by atoms with van der Waals surface area (Å²) in [6.45, 7) is 2.52. The number of carbonyl (C=O) groups excluding carboxylic acids is 2. The maximum atomic E-state index is 12.3. The number of nitrogens with zero attached hydrogens (tertiary/aromatic N) is 3. The first-order valence-electron chi connectivity index (χ1n) is 8.95. The Morgan fingerprint density at radius 2 is 2.11 bits per heavy atom. The van der Waals surface area contributed by atoms with Gasteiger partial charge in [-0.05, 0) is 19.1 Å². The van der Waals surface area contributed by atoms with E-state index in [2.05, 4.69) is 10.1 Å². The molecule has 4 rings (SSSR count). The van der Waals surface area contributed by atoms with Crippen molar-refractivity contribution in [3.05, 3.63) is 59.9 Å². The maximum absolute atomic E-state index is 12.3. The average molecular weight is 381 g/mol. The first-order chi connectivity index (χ1) is 13.6. The number of hydrogen-bond donors (Lipinski definition) is 0. The average Bonchev–Trinajstić information content (AvgIpc) is 3.43. The van der Waals surface area contributed by atoms with Gasteiger partial charge in [-0.2, -0.15) is 4.98 Å². The molecule has 3 aromatic rings. The van der Waals surface area contributed by atoms with Crippen LogP contribution < -0.4 is 0 Å². The highest BCUT2D eigenvalue weighted by atomic mass is 16.6. The van der Waals surface area contributed by atoms with Gasteiger partial charge in [0.05, 0.1) is 18.7 Å². The number of ether oxygens (including phenoxy) is 1. The van der Waals surface area contributed by atoms with Crippen molar-refractivity contribution in [2.24, 2.45) is 5.92 Å². The van der Waals surface area contributed by atoms with Crippen LogP contribution in [0.15, 0.2) is 51.6 Å². The summed E-state index contributed by atoms with van der Waals surface area (Å²) < 4.78 is 15.7. The SMILES string of the molecule is Cc1ccc(-c2noc(COC(=O)C3CC(=O)N(Cc4ccco4)C3)n2)cc1. The molecular formula is C20H19N3O5. The first-order valence-corrected chi connectivity index (χ1v) is 8.95. The van der Waals surface area contributed by atoms with Crippen molar-refractivity contribution in [1.29, 1.82) is 0 Å². The number of esters is 1. The van der Waals surface area contributed by atoms with E-state index in [4.69, 9.17) is 13.7 Å². The number of benzene rings is 1. The van der Waals surface area contributed by atoms with Crippen LogP contribution >= 0.6 is 0 Å². The summed E-state index contributed by atoms with van der Waals surface area (Å²) in [5, 5.41) is 3.91. The zero-order valence-corrected chi connectivity index (χ0v) is 15.3. The van der Waals surface area contributed by atoms with E-state index >= 15 is 0 Å². The molecule has 1 atom stereocenters. The second-order valence-corrected chi connectivity index (χ2v) is 6.74. The predicted octanol–water partition coefficient (Wildman–Crippen LogP) is 2.73. The van der Waals surface area contributed by atoms with Gasteiger partial charge in [0.15, 0.2) is 6.61 Å². The van der Waals surface area contributed by atoms with Gasteiger partial charge in [0.1, 0.15) is 5.76 Å². The molecule has 0 radical (unpaired) electrons. The fourth-order valence-corrected chi connectivity index (χ4v) is 3.06. The molecule has 144 valence electrons. The van der Waals surface area contributed by atoms with E-state index < -0.39 is 11.9 Å². The third-order valence-electron chi connectivity index (χ3n) is 4.59. The lowest BCUT2D eigenvalue weighted by atomic mass is 10.1. The number of amides is 1. The van der Waals surface area contributed by atoms with E-state index in [0.717, 1.165) is 11.1 Å². The van der Waals surface area contributed by atoms with Crippen LogP contribution in [0.25, 0.3) is 11.4 Å². The summed E-state index contributed by atoms with van der Waals surface area (Å²) in [5.41, 5.74) is 1.95. The van der Waals surface area contributed by atoms with Crippen LogP contribution in [0.1, 0.15) is 23.6 Å². The summed E-state index contributed by atoms with van der Waals surface area (Å²) in [4.78, 5) is 30.3. The van der Waals surface area contributed by atoms with Crippen molar-refractivity contribution in [2.45, 2.75) is 26.5 Å². The Balaban J connectivity index is 1.31. The van der Waals surface area contributed by atoms with Gasteiger partial charge in [0.2, 0.25) is 11.7 Å². The third kappa shape index (κ3) is 3.95. The van der Waals surface area contributed by atoms with Crippen molar-refractivity contribution in [2.75, 3.05) is 6.54 Å². The molecule has 0 saturated carbocycles. The molecule has 28 heavy (non-hydrogen) atoms. The molecule has 1 amide bonds. The van der Waals surface area contributed by atoms with E-state index in [1.54, 1.807) is 23.3 Å². The Morgan fingerprint density at radius 3 is 2.86 bits per heavy atom. The highest BCUT2D eigenvalue weighted by Crippen LogP contribution is 2.22. The summed E-state index contributed by atoms with van der Waals surface area (Å²) >= 11 is 0. The maximum Gasteiger partial charge on any atom is 0.311 e. The number of furan rings is 1. The van der Waals surface area contributed by atoms with Crippen LogP contribution in [-0.4, -0.2) is 33.5 Å². The zero-order chi connectivity index (χ0) is 19.5. The van der Waals surface area contributed by atoms with Crippen molar-refractivity contribution in [1.82, 2.24) is 15.0 Å². The van der Waals surface area contributed by atoms with Gasteiger partial charge in [-0.25, -0.2) is 0 Å². The van der Waals surface area contributed by atoms with Gasteiger partial charge < -0.3 is 18.6 Å². The smallest absolute Gasteiger partial charge is 0.311 e. The number of aryl methyl sites for hydroxylation is 1. The topological polar surface area (TPSA) is 98.7 Å². The van der Waals surface area contributed by atoms with Crippen molar-refractivity contribution >= 4 is 11.9 Å². The van der Waals surface area contributed by atoms with Gasteiger partial charge in [0.25, 0.3) is 5.89 Å². The number of hydrogen-bond acceptors (Lipinski definition) is 7. The summed E-state index contributed by atoms with van der Waals surface area (Å²) in [6.07, 6.45) is 1.68. The van der Waals surface area contributed by atoms with E-state index in [-0.39, 0.29) is 24.8 Å². The van der Waals surface area contributed by atoms with E-state index in [1.165, 1.54) is 0 Å². The summed E-state index contributed by atoms with van der Waals surface area (Å²) in [7, 11) is 0. The predicted molar refractivity (Wildman–Crippen MR) is 96.5 cm³/mol. The molecule has 1 unspecified atom stereocenters. The molecule has 0 aliphatic carbocycles. The highest BCUT2D eigenvalue weighted by molar-refractivity contribution is 5.86. The van der Waals surface area contributed by atoms with Crippen LogP contribution in [0, 0.1) is 12.8 Å². The Kier molecular flexibility index (Phi) is 4.92. The monoisotopic (exact) mass is 381 g/mol. The molecule has 1 saturated heterocycles. The lowest BCUT2D eigenvalue weighted by molar-refractivity contribution is -0.150. The minimum absolute atomic E-state index is 0.0993. The number of likely N-dealkylation sites (tertiary alicyclic amines) is 1. The lowest BCUT2D eigenvalue weighted by Gasteiger charge is -2.14. The second kappa shape index (κ2) is 7.67. The molecule has 1 aromatic carbocycles. The second-order valence-electron chi connectivity index (χ2n) is 6.74. The molecule has 0 spiro atoms. The number of carbonyl (C=O) groups is 2. The standard InChI is InChI=1S/C20H19N3O5/c1-13-4-6-14(7-5-13)19-21-17(28-22-19)12-27-20(25)15-9-18(24)23(10-15)11-16-3-2-8-26-16/h2-8,15H,9-12H2,1H3. The van der Waals surface area contributed by atoms with Crippen LogP contribution in [-0.2, 0) is 27.5 Å². The largest absolute Gasteiger partial charge is 0.467 e. The number of rotatable bonds is 6. The normalized spacial score (nSPS) is 16.5. The Hall–Kier alpha value is -3.42. The van der Waals surface area contributed by atoms with Crippen molar-refractivity contribution < 1.29 is 23.3 Å². The number of aromatic nitrogens is 2. The Labute approximate surface area is 161 Å². The van der Waals surface area contributed by atoms with Gasteiger partial charge in [-0.1, -0.05) is 35.0 Å². The molecule has 1 fully saturated rings. The van der Waals surface area contributed by atoms with Gasteiger partial charge in [-0.3, -0.25) is 9.59 Å². The van der Waals surface area contributed by atoms with Crippen LogP contribution in [0.5, 0.6) is 0 Å². The van der Waals surface area contributed by atoms with E-state index in [0.29, 0.717) is 24.7 Å². The molecule has 8 nitrogen and oxygen atoms in total. The van der Waals surface area contributed by atoms with E-state index in [1.807, 2.05) is 31.2 Å². The van der Waals surface area contributed by atoms with Crippen LogP contribution in [0.4, 0.5) is 0 Å². The molecule has 2 aromatic heterocycles. The van der Waals surface area contributed by atoms with Crippen molar-refractivity contribution in [3.63, 3.8) is 0 Å². The van der Waals surface area contributed by atoms with Gasteiger partial charge in [-0.15, -0.1) is 0 Å². The molecular weight excluding hydrogens is 362 g/mol. The molecule has 1 aliphatic heterocycles. The lowest BCUT2D eigenvalue weighted by Crippen LogP contribution is -2.26. The van der Waals surface area contributed by atoms with Crippen LogP contribution in [0.3, 0.4) is 0 Å². The highest BCUT2D eigenvalue weighted by Gasteiger charge is 2.35. The quantitative estimate of drug-likeness (QED) is 0.605. The fourth-order valence-electron chi connectivity index (χ4n) is 3.06. The molecule has 1 aliphatic rings. The minimum atomic E-state index is -0.512. The van der Waals surface area contributed by atoms with Gasteiger partial charge >= 0.3 is 5.97 Å². The Bertz CT molecular complexity index is 962. The molecule has 8 heteroatoms. The minimum Gasteiger partial charge on any atom is -0.467 e. The van der Waals surface area contributed by atoms with Gasteiger partial charge in [0, 0.05) is 18.5 Å². The van der Waals surface area contributed by atoms with Crippen molar-refractivity contribution in [3.8, 4) is 11.4 Å². The molecule has 0 N–H and O–H groups in total. The van der Waals surface area contributed by atoms with Crippen LogP contribution in [0.2, 0.25) is 0 Å². The Morgan fingerprint density at radius 1 is 1.29 bits per heavy atom. The molecule has 0 bridgehead atoms. The zero-order valence-electron chi connectivity index (χ0n) is 15.3. The third-order valence-corrected chi connectivity index (χ3v) is 4.59. The summed E-state index contributed by atoms with van der Waals surface area (Å²) in [6, 6.07) is 11.3. The first kappa shape index (κ1) is 18.0. The molecule has 3 heterocycles.